The van der Waals surface area contributed by atoms with Crippen molar-refractivity contribution >= 4 is 33.1 Å². The van der Waals surface area contributed by atoms with Gasteiger partial charge in [0, 0.05) is 23.9 Å². The van der Waals surface area contributed by atoms with Gasteiger partial charge in [0.05, 0.1) is 10.6 Å². The maximum absolute atomic E-state index is 12.8. The maximum atomic E-state index is 12.8. The van der Waals surface area contributed by atoms with Crippen LogP contribution in [0.2, 0.25) is 0 Å². The molecular formula is C22H20N2O4S. The highest BCUT2D eigenvalue weighted by atomic mass is 32.2. The molecule has 0 bridgehead atoms. The molecule has 0 heterocycles. The summed E-state index contributed by atoms with van der Waals surface area (Å²) in [5.74, 6) is -0.430. The third-order valence-corrected chi connectivity index (χ3v) is 6.24. The average Bonchev–Trinajstić information content (AvgIpc) is 2.74. The first-order chi connectivity index (χ1) is 13.8. The van der Waals surface area contributed by atoms with Gasteiger partial charge >= 0.3 is 0 Å². The van der Waals surface area contributed by atoms with Crippen LogP contribution < -0.4 is 9.62 Å². The lowest BCUT2D eigenvalue weighted by Gasteiger charge is -2.19. The summed E-state index contributed by atoms with van der Waals surface area (Å²) in [6, 6.07) is 21.0. The zero-order chi connectivity index (χ0) is 21.0. The molecule has 0 fully saturated rings. The molecule has 29 heavy (non-hydrogen) atoms. The predicted molar refractivity (Wildman–Crippen MR) is 113 cm³/mol. The number of anilines is 2. The molecular weight excluding hydrogens is 388 g/mol. The van der Waals surface area contributed by atoms with Gasteiger partial charge in [0.2, 0.25) is 0 Å². The molecule has 0 saturated heterocycles. The van der Waals surface area contributed by atoms with E-state index in [1.165, 1.54) is 42.5 Å². The molecule has 6 nitrogen and oxygen atoms in total. The number of benzene rings is 3. The second kappa shape index (κ2) is 8.28. The molecule has 1 N–H and O–H groups in total. The van der Waals surface area contributed by atoms with Gasteiger partial charge in [0.25, 0.3) is 15.9 Å². The predicted octanol–water partition coefficient (Wildman–Crippen LogP) is 3.97. The molecule has 148 valence electrons. The normalized spacial score (nSPS) is 11.0. The Labute approximate surface area is 169 Å². The van der Waals surface area contributed by atoms with E-state index in [0.717, 1.165) is 0 Å². The smallest absolute Gasteiger partial charge is 0.264 e. The van der Waals surface area contributed by atoms with E-state index in [1.54, 1.807) is 48.5 Å². The van der Waals surface area contributed by atoms with Gasteiger partial charge in [-0.3, -0.25) is 13.9 Å². The number of amides is 1. The molecule has 0 spiro atoms. The fraction of sp³-hybridized carbons (Fsp3) is 0.0909. The van der Waals surface area contributed by atoms with E-state index in [9.17, 15) is 18.0 Å². The zero-order valence-electron chi connectivity index (χ0n) is 16.0. The Hall–Kier alpha value is -3.45. The summed E-state index contributed by atoms with van der Waals surface area (Å²) >= 11 is 0. The highest BCUT2D eigenvalue weighted by Crippen LogP contribution is 2.22. The van der Waals surface area contributed by atoms with Gasteiger partial charge in [-0.25, -0.2) is 8.42 Å². The first kappa shape index (κ1) is 20.3. The number of para-hydroxylation sites is 1. The van der Waals surface area contributed by atoms with E-state index in [2.05, 4.69) is 5.32 Å². The fourth-order valence-electron chi connectivity index (χ4n) is 2.70. The lowest BCUT2D eigenvalue weighted by molar-refractivity contribution is 0.101. The minimum absolute atomic E-state index is 0.0554. The van der Waals surface area contributed by atoms with Crippen molar-refractivity contribution in [3.63, 3.8) is 0 Å². The van der Waals surface area contributed by atoms with Crippen LogP contribution in [0.25, 0.3) is 0 Å². The van der Waals surface area contributed by atoms with E-state index >= 15 is 0 Å². The van der Waals surface area contributed by atoms with Gasteiger partial charge in [-0.05, 0) is 67.6 Å². The first-order valence-corrected chi connectivity index (χ1v) is 10.3. The van der Waals surface area contributed by atoms with Crippen LogP contribution in [0.4, 0.5) is 11.4 Å². The Morgan fingerprint density at radius 1 is 0.793 bits per heavy atom. The van der Waals surface area contributed by atoms with Crippen molar-refractivity contribution in [2.75, 3.05) is 16.7 Å². The molecule has 0 unspecified atom stereocenters. The lowest BCUT2D eigenvalue weighted by Crippen LogP contribution is -2.26. The molecule has 0 aliphatic rings. The number of sulfonamides is 1. The number of carbonyl (C=O) groups is 2. The number of hydrogen-bond donors (Lipinski definition) is 1. The number of carbonyl (C=O) groups excluding carboxylic acids is 2. The lowest BCUT2D eigenvalue weighted by atomic mass is 10.1. The molecule has 0 aromatic heterocycles. The Morgan fingerprint density at radius 2 is 1.34 bits per heavy atom. The number of Topliss-reactive ketones (excluding diaryl/α,β-unsaturated/α-hetero) is 1. The minimum atomic E-state index is -3.74. The third-order valence-electron chi connectivity index (χ3n) is 4.44. The number of rotatable bonds is 6. The quantitative estimate of drug-likeness (QED) is 0.626. The summed E-state index contributed by atoms with van der Waals surface area (Å²) in [6.07, 6.45) is 0. The number of nitrogens with zero attached hydrogens (tertiary/aromatic N) is 1. The Bertz CT molecular complexity index is 1120. The maximum Gasteiger partial charge on any atom is 0.264 e. The van der Waals surface area contributed by atoms with Crippen molar-refractivity contribution in [2.45, 2.75) is 11.8 Å². The number of nitrogens with one attached hydrogen (secondary N) is 1. The van der Waals surface area contributed by atoms with E-state index < -0.39 is 10.0 Å². The molecule has 0 saturated carbocycles. The molecule has 1 amide bonds. The van der Waals surface area contributed by atoms with Gasteiger partial charge < -0.3 is 5.32 Å². The van der Waals surface area contributed by atoms with Crippen LogP contribution in [0.1, 0.15) is 27.6 Å². The highest BCUT2D eigenvalue weighted by molar-refractivity contribution is 7.92. The SMILES string of the molecule is CC(=O)c1ccc(NC(=O)c2ccc(S(=O)(=O)N(C)c3ccccc3)cc2)cc1. The summed E-state index contributed by atoms with van der Waals surface area (Å²) in [4.78, 5) is 23.8. The van der Waals surface area contributed by atoms with Crippen LogP contribution in [0, 0.1) is 0 Å². The van der Waals surface area contributed by atoms with Crippen molar-refractivity contribution in [3.05, 3.63) is 90.0 Å². The summed E-state index contributed by atoms with van der Waals surface area (Å²) in [7, 11) is -2.25. The molecule has 3 rings (SSSR count). The molecule has 3 aromatic carbocycles. The Morgan fingerprint density at radius 3 is 1.90 bits per heavy atom. The molecule has 3 aromatic rings. The summed E-state index contributed by atoms with van der Waals surface area (Å²) < 4.78 is 26.8. The monoisotopic (exact) mass is 408 g/mol. The topological polar surface area (TPSA) is 83.5 Å². The van der Waals surface area contributed by atoms with E-state index in [0.29, 0.717) is 22.5 Å². The summed E-state index contributed by atoms with van der Waals surface area (Å²) in [5.41, 5.74) is 1.96. The number of ketones is 1. The van der Waals surface area contributed by atoms with Gasteiger partial charge in [0.15, 0.2) is 5.78 Å². The summed E-state index contributed by atoms with van der Waals surface area (Å²) in [6.45, 7) is 1.47. The number of hydrogen-bond acceptors (Lipinski definition) is 4. The Balaban J connectivity index is 1.75. The summed E-state index contributed by atoms with van der Waals surface area (Å²) in [5, 5.41) is 2.72. The molecule has 0 atom stereocenters. The van der Waals surface area contributed by atoms with Crippen LogP contribution in [-0.2, 0) is 10.0 Å². The zero-order valence-corrected chi connectivity index (χ0v) is 16.8. The second-order valence-corrected chi connectivity index (χ2v) is 8.39. The van der Waals surface area contributed by atoms with Crippen LogP contribution >= 0.6 is 0 Å². The van der Waals surface area contributed by atoms with Crippen molar-refractivity contribution in [3.8, 4) is 0 Å². The largest absolute Gasteiger partial charge is 0.322 e. The molecule has 0 aliphatic carbocycles. The minimum Gasteiger partial charge on any atom is -0.322 e. The molecule has 0 aliphatic heterocycles. The third kappa shape index (κ3) is 4.52. The van der Waals surface area contributed by atoms with Gasteiger partial charge in [-0.2, -0.15) is 0 Å². The molecule has 0 radical (unpaired) electrons. The first-order valence-electron chi connectivity index (χ1n) is 8.85. The van der Waals surface area contributed by atoms with Crippen LogP contribution in [0.3, 0.4) is 0 Å². The van der Waals surface area contributed by atoms with Crippen molar-refractivity contribution in [1.29, 1.82) is 0 Å². The van der Waals surface area contributed by atoms with Crippen molar-refractivity contribution < 1.29 is 18.0 Å². The van der Waals surface area contributed by atoms with Gasteiger partial charge in [-0.15, -0.1) is 0 Å². The van der Waals surface area contributed by atoms with E-state index in [1.807, 2.05) is 6.07 Å². The highest BCUT2D eigenvalue weighted by Gasteiger charge is 2.21. The second-order valence-electron chi connectivity index (χ2n) is 6.42. The average molecular weight is 408 g/mol. The molecule has 7 heteroatoms. The fourth-order valence-corrected chi connectivity index (χ4v) is 3.90. The Kier molecular flexibility index (Phi) is 5.79. The van der Waals surface area contributed by atoms with Crippen molar-refractivity contribution in [2.24, 2.45) is 0 Å². The van der Waals surface area contributed by atoms with Crippen LogP contribution in [0.15, 0.2) is 83.8 Å². The van der Waals surface area contributed by atoms with Gasteiger partial charge in [-0.1, -0.05) is 18.2 Å². The van der Waals surface area contributed by atoms with Gasteiger partial charge in [0.1, 0.15) is 0 Å². The van der Waals surface area contributed by atoms with E-state index in [-0.39, 0.29) is 16.6 Å². The van der Waals surface area contributed by atoms with E-state index in [4.69, 9.17) is 0 Å². The standard InChI is InChI=1S/C22H20N2O4S/c1-16(25)17-8-12-19(13-9-17)23-22(26)18-10-14-21(15-11-18)29(27,28)24(2)20-6-4-3-5-7-20/h3-15H,1-2H3,(H,23,26). The van der Waals surface area contributed by atoms with Crippen LogP contribution in [-0.4, -0.2) is 27.2 Å². The van der Waals surface area contributed by atoms with Crippen LogP contribution in [0.5, 0.6) is 0 Å². The van der Waals surface area contributed by atoms with Crippen molar-refractivity contribution in [1.82, 2.24) is 0 Å².